The van der Waals surface area contributed by atoms with Crippen LogP contribution in [0.5, 0.6) is 5.75 Å². The Morgan fingerprint density at radius 1 is 1.42 bits per heavy atom. The van der Waals surface area contributed by atoms with Crippen LogP contribution in [0.2, 0.25) is 0 Å². The van der Waals surface area contributed by atoms with Gasteiger partial charge in [0.2, 0.25) is 5.91 Å². The van der Waals surface area contributed by atoms with Gasteiger partial charge in [0.25, 0.3) is 0 Å². The van der Waals surface area contributed by atoms with Gasteiger partial charge in [-0.1, -0.05) is 19.1 Å². The predicted molar refractivity (Wildman–Crippen MR) is 74.8 cm³/mol. The molecule has 4 N–H and O–H groups in total. The standard InChI is InChI=1S/C15H22N2O2/c1-2-15(7-8-15)10-17-14(19)13(16)9-11-3-5-12(18)6-4-11/h3-6,13,18H,2,7-10,16H2,1H3,(H,17,19)/t13-/m0/s1. The zero-order chi connectivity index (χ0) is 13.9. The van der Waals surface area contributed by atoms with Crippen molar-refractivity contribution in [2.24, 2.45) is 11.1 Å². The van der Waals surface area contributed by atoms with Crippen molar-refractivity contribution in [3.63, 3.8) is 0 Å². The van der Waals surface area contributed by atoms with E-state index in [0.29, 0.717) is 11.8 Å². The Kier molecular flexibility index (Phi) is 4.10. The third-order valence-corrected chi connectivity index (χ3v) is 4.07. The van der Waals surface area contributed by atoms with Crippen molar-refractivity contribution in [1.82, 2.24) is 5.32 Å². The van der Waals surface area contributed by atoms with Crippen LogP contribution in [0.15, 0.2) is 24.3 Å². The summed E-state index contributed by atoms with van der Waals surface area (Å²) in [5, 5.41) is 12.2. The number of phenols is 1. The molecule has 1 aromatic carbocycles. The lowest BCUT2D eigenvalue weighted by Gasteiger charge is -2.16. The smallest absolute Gasteiger partial charge is 0.237 e. The summed E-state index contributed by atoms with van der Waals surface area (Å²) in [7, 11) is 0. The molecule has 0 radical (unpaired) electrons. The van der Waals surface area contributed by atoms with Crippen molar-refractivity contribution in [1.29, 1.82) is 0 Å². The number of amides is 1. The number of benzene rings is 1. The second kappa shape index (κ2) is 5.61. The van der Waals surface area contributed by atoms with E-state index in [0.717, 1.165) is 18.5 Å². The van der Waals surface area contributed by atoms with Crippen LogP contribution in [0.25, 0.3) is 0 Å². The van der Waals surface area contributed by atoms with Crippen LogP contribution in [-0.4, -0.2) is 23.6 Å². The average molecular weight is 262 g/mol. The first kappa shape index (κ1) is 13.9. The highest BCUT2D eigenvalue weighted by molar-refractivity contribution is 5.81. The Balaban J connectivity index is 1.80. The minimum Gasteiger partial charge on any atom is -0.508 e. The van der Waals surface area contributed by atoms with E-state index in [1.54, 1.807) is 24.3 Å². The molecule has 4 nitrogen and oxygen atoms in total. The van der Waals surface area contributed by atoms with Gasteiger partial charge in [-0.3, -0.25) is 4.79 Å². The number of phenolic OH excluding ortho intramolecular Hbond substituents is 1. The maximum absolute atomic E-state index is 11.9. The van der Waals surface area contributed by atoms with Gasteiger partial charge in [-0.15, -0.1) is 0 Å². The van der Waals surface area contributed by atoms with Crippen molar-refractivity contribution in [2.45, 2.75) is 38.6 Å². The van der Waals surface area contributed by atoms with E-state index >= 15 is 0 Å². The molecule has 4 heteroatoms. The fourth-order valence-corrected chi connectivity index (χ4v) is 2.22. The van der Waals surface area contributed by atoms with Gasteiger partial charge >= 0.3 is 0 Å². The zero-order valence-electron chi connectivity index (χ0n) is 11.4. The van der Waals surface area contributed by atoms with Crippen LogP contribution >= 0.6 is 0 Å². The Hall–Kier alpha value is -1.55. The maximum atomic E-state index is 11.9. The highest BCUT2D eigenvalue weighted by Gasteiger charge is 2.40. The largest absolute Gasteiger partial charge is 0.508 e. The van der Waals surface area contributed by atoms with Crippen LogP contribution < -0.4 is 11.1 Å². The lowest BCUT2D eigenvalue weighted by Crippen LogP contribution is -2.43. The molecule has 0 aromatic heterocycles. The molecule has 0 heterocycles. The molecule has 0 saturated heterocycles. The molecule has 104 valence electrons. The molecule has 1 aliphatic rings. The summed E-state index contributed by atoms with van der Waals surface area (Å²) in [6.07, 6.45) is 4.01. The molecule has 0 aliphatic heterocycles. The molecular weight excluding hydrogens is 240 g/mol. The molecule has 19 heavy (non-hydrogen) atoms. The number of carbonyl (C=O) groups is 1. The number of hydrogen-bond donors (Lipinski definition) is 3. The number of nitrogens with two attached hydrogens (primary N) is 1. The Bertz CT molecular complexity index is 438. The molecule has 1 aliphatic carbocycles. The van der Waals surface area contributed by atoms with Crippen LogP contribution in [0.3, 0.4) is 0 Å². The monoisotopic (exact) mass is 262 g/mol. The minimum absolute atomic E-state index is 0.0900. The van der Waals surface area contributed by atoms with Crippen molar-refractivity contribution >= 4 is 5.91 Å². The summed E-state index contributed by atoms with van der Waals surface area (Å²) in [5.74, 6) is 0.133. The minimum atomic E-state index is -0.530. The van der Waals surface area contributed by atoms with E-state index in [9.17, 15) is 9.90 Å². The first-order chi connectivity index (χ1) is 9.04. The molecule has 0 spiro atoms. The summed E-state index contributed by atoms with van der Waals surface area (Å²) >= 11 is 0. The SMILES string of the molecule is CCC1(CNC(=O)[C@@H](N)Cc2ccc(O)cc2)CC1. The van der Waals surface area contributed by atoms with Crippen LogP contribution in [0.4, 0.5) is 0 Å². The van der Waals surface area contributed by atoms with Gasteiger partial charge in [-0.05, 0) is 48.8 Å². The van der Waals surface area contributed by atoms with Gasteiger partial charge < -0.3 is 16.2 Å². The summed E-state index contributed by atoms with van der Waals surface area (Å²) < 4.78 is 0. The molecule has 1 fully saturated rings. The molecule has 1 aromatic rings. The zero-order valence-corrected chi connectivity index (χ0v) is 11.4. The Labute approximate surface area is 114 Å². The topological polar surface area (TPSA) is 75.4 Å². The number of rotatable bonds is 6. The number of carbonyl (C=O) groups excluding carboxylic acids is 1. The van der Waals surface area contributed by atoms with Gasteiger partial charge in [-0.25, -0.2) is 0 Å². The van der Waals surface area contributed by atoms with Gasteiger partial charge in [0.05, 0.1) is 6.04 Å². The quantitative estimate of drug-likeness (QED) is 0.728. The highest BCUT2D eigenvalue weighted by atomic mass is 16.3. The Morgan fingerprint density at radius 3 is 2.58 bits per heavy atom. The van der Waals surface area contributed by atoms with Crippen molar-refractivity contribution in [2.75, 3.05) is 6.54 Å². The molecule has 2 rings (SSSR count). The van der Waals surface area contributed by atoms with E-state index in [1.807, 2.05) is 0 Å². The first-order valence-electron chi connectivity index (χ1n) is 6.86. The van der Waals surface area contributed by atoms with Crippen molar-refractivity contribution in [3.8, 4) is 5.75 Å². The maximum Gasteiger partial charge on any atom is 0.237 e. The van der Waals surface area contributed by atoms with Gasteiger partial charge in [-0.2, -0.15) is 0 Å². The lowest BCUT2D eigenvalue weighted by atomic mass is 10.0. The summed E-state index contributed by atoms with van der Waals surface area (Å²) in [6.45, 7) is 2.90. The number of nitrogens with one attached hydrogen (secondary N) is 1. The fraction of sp³-hybridized carbons (Fsp3) is 0.533. The van der Waals surface area contributed by atoms with E-state index in [4.69, 9.17) is 5.73 Å². The molecule has 1 atom stereocenters. The average Bonchev–Trinajstić information content (AvgIpc) is 3.19. The van der Waals surface area contributed by atoms with Gasteiger partial charge in [0.15, 0.2) is 0 Å². The van der Waals surface area contributed by atoms with E-state index < -0.39 is 6.04 Å². The third kappa shape index (κ3) is 3.70. The summed E-state index contributed by atoms with van der Waals surface area (Å²) in [5.41, 5.74) is 7.20. The normalized spacial score (nSPS) is 17.8. The van der Waals surface area contributed by atoms with Crippen molar-refractivity contribution in [3.05, 3.63) is 29.8 Å². The van der Waals surface area contributed by atoms with E-state index in [1.165, 1.54) is 12.8 Å². The van der Waals surface area contributed by atoms with Gasteiger partial charge in [0.1, 0.15) is 5.75 Å². The fourth-order valence-electron chi connectivity index (χ4n) is 2.22. The Morgan fingerprint density at radius 2 is 2.05 bits per heavy atom. The third-order valence-electron chi connectivity index (χ3n) is 4.07. The first-order valence-corrected chi connectivity index (χ1v) is 6.86. The summed E-state index contributed by atoms with van der Waals surface area (Å²) in [4.78, 5) is 11.9. The van der Waals surface area contributed by atoms with E-state index in [2.05, 4.69) is 12.2 Å². The molecule has 1 amide bonds. The predicted octanol–water partition coefficient (Wildman–Crippen LogP) is 1.57. The molecule has 1 saturated carbocycles. The number of aromatic hydroxyl groups is 1. The molecular formula is C15H22N2O2. The molecule has 0 unspecified atom stereocenters. The highest BCUT2D eigenvalue weighted by Crippen LogP contribution is 2.47. The van der Waals surface area contributed by atoms with Crippen LogP contribution in [0.1, 0.15) is 31.7 Å². The lowest BCUT2D eigenvalue weighted by molar-refractivity contribution is -0.122. The van der Waals surface area contributed by atoms with E-state index in [-0.39, 0.29) is 11.7 Å². The van der Waals surface area contributed by atoms with Crippen LogP contribution in [0, 0.1) is 5.41 Å². The van der Waals surface area contributed by atoms with Crippen LogP contribution in [-0.2, 0) is 11.2 Å². The second-order valence-corrected chi connectivity index (χ2v) is 5.55. The van der Waals surface area contributed by atoms with Gasteiger partial charge in [0, 0.05) is 6.54 Å². The summed E-state index contributed by atoms with van der Waals surface area (Å²) in [6, 6.07) is 6.26. The van der Waals surface area contributed by atoms with Crippen molar-refractivity contribution < 1.29 is 9.90 Å². The molecule has 0 bridgehead atoms. The number of hydrogen-bond acceptors (Lipinski definition) is 3. The second-order valence-electron chi connectivity index (χ2n) is 5.55.